The van der Waals surface area contributed by atoms with Crippen molar-refractivity contribution < 1.29 is 9.59 Å². The first-order valence-corrected chi connectivity index (χ1v) is 5.77. The third-order valence-corrected chi connectivity index (χ3v) is 2.90. The number of thiazole rings is 1. The van der Waals surface area contributed by atoms with Crippen LogP contribution in [0.3, 0.4) is 0 Å². The number of hydrogen-bond donors (Lipinski definition) is 2. The van der Waals surface area contributed by atoms with Crippen LogP contribution in [-0.2, 0) is 18.3 Å². The quantitative estimate of drug-likeness (QED) is 0.777. The lowest BCUT2D eigenvalue weighted by molar-refractivity contribution is -0.115. The summed E-state index contributed by atoms with van der Waals surface area (Å²) in [6, 6.07) is 0. The third-order valence-electron chi connectivity index (χ3n) is 1.97. The van der Waals surface area contributed by atoms with E-state index < -0.39 is 5.91 Å². The number of anilines is 1. The fourth-order valence-electron chi connectivity index (χ4n) is 1.26. The number of carbonyl (C=O) groups excluding carboxylic acids is 2. The van der Waals surface area contributed by atoms with Gasteiger partial charge in [0, 0.05) is 7.05 Å². The highest BCUT2D eigenvalue weighted by Gasteiger charge is 2.11. The Morgan fingerprint density at radius 1 is 1.50 bits per heavy atom. The highest BCUT2D eigenvalue weighted by atomic mass is 32.1. The van der Waals surface area contributed by atoms with E-state index in [-0.39, 0.29) is 17.3 Å². The summed E-state index contributed by atoms with van der Waals surface area (Å²) in [6.45, 7) is 0. The molecule has 0 unspecified atom stereocenters. The maximum atomic E-state index is 11.6. The zero-order valence-electron chi connectivity index (χ0n) is 9.45. The Kier molecular flexibility index (Phi) is 3.33. The van der Waals surface area contributed by atoms with Gasteiger partial charge in [0.2, 0.25) is 5.91 Å². The van der Waals surface area contributed by atoms with E-state index in [1.807, 2.05) is 0 Å². The lowest BCUT2D eigenvalue weighted by atomic mass is 10.3. The molecule has 18 heavy (non-hydrogen) atoms. The number of nitrogens with zero attached hydrogens (tertiary/aromatic N) is 4. The highest BCUT2D eigenvalue weighted by Crippen LogP contribution is 2.18. The molecule has 2 heterocycles. The van der Waals surface area contributed by atoms with E-state index in [2.05, 4.69) is 20.5 Å². The number of nitrogens with one attached hydrogen (secondary N) is 1. The summed E-state index contributed by atoms with van der Waals surface area (Å²) in [6.07, 6.45) is 3.01. The Labute approximate surface area is 106 Å². The van der Waals surface area contributed by atoms with Crippen LogP contribution in [0.2, 0.25) is 0 Å². The summed E-state index contributed by atoms with van der Waals surface area (Å²) in [5.74, 6) is -0.871. The predicted molar refractivity (Wildman–Crippen MR) is 64.0 cm³/mol. The van der Waals surface area contributed by atoms with E-state index in [1.54, 1.807) is 7.05 Å². The molecule has 94 valence electrons. The fourth-order valence-corrected chi connectivity index (χ4v) is 1.95. The molecule has 0 spiro atoms. The van der Waals surface area contributed by atoms with Crippen molar-refractivity contribution in [2.24, 2.45) is 12.8 Å². The molecule has 9 heteroatoms. The maximum Gasteiger partial charge on any atom is 0.277 e. The number of carbonyl (C=O) groups is 2. The van der Waals surface area contributed by atoms with Crippen LogP contribution in [0.1, 0.15) is 15.5 Å². The average molecular weight is 266 g/mol. The zero-order chi connectivity index (χ0) is 13.1. The Morgan fingerprint density at radius 3 is 2.83 bits per heavy atom. The van der Waals surface area contributed by atoms with Gasteiger partial charge < -0.3 is 11.1 Å². The molecule has 0 bridgehead atoms. The molecule has 0 aliphatic rings. The van der Waals surface area contributed by atoms with Gasteiger partial charge in [0.05, 0.1) is 24.5 Å². The van der Waals surface area contributed by atoms with Crippen molar-refractivity contribution in [2.75, 3.05) is 5.32 Å². The minimum atomic E-state index is -0.616. The summed E-state index contributed by atoms with van der Waals surface area (Å²) in [4.78, 5) is 27.6. The van der Waals surface area contributed by atoms with Gasteiger partial charge in [0.1, 0.15) is 5.00 Å². The summed E-state index contributed by atoms with van der Waals surface area (Å²) < 4.78 is 0. The summed E-state index contributed by atoms with van der Waals surface area (Å²) >= 11 is 1.03. The predicted octanol–water partition coefficient (Wildman–Crippen LogP) is -0.448. The molecule has 0 aliphatic heterocycles. The number of nitrogens with two attached hydrogens (primary N) is 1. The topological polar surface area (TPSA) is 116 Å². The lowest BCUT2D eigenvalue weighted by Crippen LogP contribution is -2.14. The Bertz CT molecular complexity index is 589. The second kappa shape index (κ2) is 4.92. The SMILES string of the molecule is Cn1ncc(CC(=O)Nc2cnc(C(N)=O)s2)n1. The van der Waals surface area contributed by atoms with Crippen molar-refractivity contribution in [2.45, 2.75) is 6.42 Å². The fraction of sp³-hybridized carbons (Fsp3) is 0.222. The number of aryl methyl sites for hydroxylation is 1. The van der Waals surface area contributed by atoms with Crippen molar-refractivity contribution in [3.05, 3.63) is 23.1 Å². The number of hydrogen-bond acceptors (Lipinski definition) is 6. The summed E-state index contributed by atoms with van der Waals surface area (Å²) in [7, 11) is 1.67. The average Bonchev–Trinajstić information content (AvgIpc) is 2.88. The molecule has 0 aliphatic carbocycles. The minimum Gasteiger partial charge on any atom is -0.364 e. The van der Waals surface area contributed by atoms with Crippen molar-refractivity contribution in [1.82, 2.24) is 20.0 Å². The molecule has 0 saturated heterocycles. The summed E-state index contributed by atoms with van der Waals surface area (Å²) in [5, 5.41) is 11.1. The van der Waals surface area contributed by atoms with Crippen molar-refractivity contribution in [3.63, 3.8) is 0 Å². The Morgan fingerprint density at radius 2 is 2.28 bits per heavy atom. The number of primary amides is 1. The van der Waals surface area contributed by atoms with Gasteiger partial charge in [0.15, 0.2) is 5.01 Å². The molecule has 8 nitrogen and oxygen atoms in total. The number of rotatable bonds is 4. The first-order valence-electron chi connectivity index (χ1n) is 4.95. The van der Waals surface area contributed by atoms with Gasteiger partial charge in [-0.25, -0.2) is 4.98 Å². The highest BCUT2D eigenvalue weighted by molar-refractivity contribution is 7.17. The van der Waals surface area contributed by atoms with Crippen LogP contribution in [0.15, 0.2) is 12.4 Å². The summed E-state index contributed by atoms with van der Waals surface area (Å²) in [5.41, 5.74) is 5.62. The largest absolute Gasteiger partial charge is 0.364 e. The molecule has 0 fully saturated rings. The Balaban J connectivity index is 1.96. The first kappa shape index (κ1) is 12.2. The van der Waals surface area contributed by atoms with Crippen molar-refractivity contribution in [3.8, 4) is 0 Å². The molecule has 2 aromatic rings. The van der Waals surface area contributed by atoms with Gasteiger partial charge >= 0.3 is 0 Å². The van der Waals surface area contributed by atoms with E-state index in [0.717, 1.165) is 11.3 Å². The molecular formula is C9H10N6O2S. The van der Waals surface area contributed by atoms with Gasteiger partial charge in [-0.15, -0.1) is 0 Å². The van der Waals surface area contributed by atoms with Gasteiger partial charge in [-0.2, -0.15) is 15.0 Å². The van der Waals surface area contributed by atoms with Crippen LogP contribution in [0.5, 0.6) is 0 Å². The standard InChI is InChI=1S/C9H10N6O2S/c1-15-12-3-5(14-15)2-6(16)13-7-4-11-9(18-7)8(10)17/h3-4H,2H2,1H3,(H2,10,17)(H,13,16). The molecule has 0 saturated carbocycles. The normalized spacial score (nSPS) is 10.3. The van der Waals surface area contributed by atoms with Gasteiger partial charge in [-0.3, -0.25) is 9.59 Å². The van der Waals surface area contributed by atoms with Crippen LogP contribution < -0.4 is 11.1 Å². The van der Waals surface area contributed by atoms with Gasteiger partial charge in [0.25, 0.3) is 5.91 Å². The second-order valence-corrected chi connectivity index (χ2v) is 4.47. The van der Waals surface area contributed by atoms with Crippen LogP contribution in [0, 0.1) is 0 Å². The lowest BCUT2D eigenvalue weighted by Gasteiger charge is -1.98. The Hall–Kier alpha value is -2.29. The monoisotopic (exact) mass is 266 g/mol. The van der Waals surface area contributed by atoms with Crippen molar-refractivity contribution >= 4 is 28.2 Å². The number of aromatic nitrogens is 4. The zero-order valence-corrected chi connectivity index (χ0v) is 10.3. The van der Waals surface area contributed by atoms with E-state index in [0.29, 0.717) is 10.7 Å². The molecule has 0 aromatic carbocycles. The van der Waals surface area contributed by atoms with E-state index >= 15 is 0 Å². The number of amides is 2. The molecule has 2 rings (SSSR count). The van der Waals surface area contributed by atoms with Crippen LogP contribution >= 0.6 is 11.3 Å². The van der Waals surface area contributed by atoms with E-state index in [9.17, 15) is 9.59 Å². The minimum absolute atomic E-state index is 0.109. The smallest absolute Gasteiger partial charge is 0.277 e. The molecule has 2 amide bonds. The second-order valence-electron chi connectivity index (χ2n) is 3.44. The van der Waals surface area contributed by atoms with Crippen LogP contribution in [0.25, 0.3) is 0 Å². The van der Waals surface area contributed by atoms with Gasteiger partial charge in [-0.1, -0.05) is 11.3 Å². The van der Waals surface area contributed by atoms with E-state index in [4.69, 9.17) is 5.73 Å². The van der Waals surface area contributed by atoms with Crippen molar-refractivity contribution in [1.29, 1.82) is 0 Å². The third kappa shape index (κ3) is 2.88. The van der Waals surface area contributed by atoms with Crippen LogP contribution in [0.4, 0.5) is 5.00 Å². The maximum absolute atomic E-state index is 11.6. The molecule has 2 aromatic heterocycles. The molecule has 0 atom stereocenters. The van der Waals surface area contributed by atoms with Gasteiger partial charge in [-0.05, 0) is 0 Å². The van der Waals surface area contributed by atoms with E-state index in [1.165, 1.54) is 17.2 Å². The first-order chi connectivity index (χ1) is 8.54. The van der Waals surface area contributed by atoms with Crippen LogP contribution in [-0.4, -0.2) is 31.8 Å². The molecule has 3 N–H and O–H groups in total. The molecular weight excluding hydrogens is 256 g/mol. The molecule has 0 radical (unpaired) electrons.